The Hall–Kier alpha value is -2.37. The van der Waals surface area contributed by atoms with Crippen molar-refractivity contribution in [3.05, 3.63) is 59.7 Å². The fourth-order valence-corrected chi connectivity index (χ4v) is 4.80. The maximum atomic E-state index is 12.7. The molecule has 2 N–H and O–H groups in total. The summed E-state index contributed by atoms with van der Waals surface area (Å²) in [5.41, 5.74) is 4.87. The minimum atomic E-state index is -0.511. The number of aliphatic hydroxyl groups is 1. The van der Waals surface area contributed by atoms with E-state index in [1.165, 1.54) is 22.3 Å². The Morgan fingerprint density at radius 1 is 1.12 bits per heavy atom. The number of hydrogen-bond donors (Lipinski definition) is 2. The van der Waals surface area contributed by atoms with Crippen LogP contribution >= 0.6 is 0 Å². The van der Waals surface area contributed by atoms with E-state index < -0.39 is 6.10 Å². The molecule has 0 bridgehead atoms. The number of nitrogens with one attached hydrogen (secondary N) is 1. The molecule has 0 radical (unpaired) electrons. The number of nitrogens with zero attached hydrogens (tertiary/aromatic N) is 1. The van der Waals surface area contributed by atoms with Gasteiger partial charge in [0.05, 0.1) is 12.1 Å². The first-order valence-electron chi connectivity index (χ1n) is 9.27. The van der Waals surface area contributed by atoms with Gasteiger partial charge in [0.1, 0.15) is 6.61 Å². The molecule has 2 saturated heterocycles. The molecule has 3 aliphatic rings. The van der Waals surface area contributed by atoms with E-state index in [0.29, 0.717) is 19.7 Å². The lowest BCUT2D eigenvalue weighted by molar-refractivity contribution is 0.0634. The highest BCUT2D eigenvalue weighted by molar-refractivity contribution is 5.79. The van der Waals surface area contributed by atoms with Gasteiger partial charge in [0, 0.05) is 25.0 Å². The summed E-state index contributed by atoms with van der Waals surface area (Å²) >= 11 is 0. The normalized spacial score (nSPS) is 26.5. The quantitative estimate of drug-likeness (QED) is 0.873. The molecule has 0 spiro atoms. The monoisotopic (exact) mass is 350 g/mol. The first-order valence-corrected chi connectivity index (χ1v) is 9.27. The number of amides is 1. The van der Waals surface area contributed by atoms with Crippen molar-refractivity contribution in [2.24, 2.45) is 0 Å². The van der Waals surface area contributed by atoms with Crippen molar-refractivity contribution in [3.63, 3.8) is 0 Å². The van der Waals surface area contributed by atoms with Crippen LogP contribution in [0.2, 0.25) is 0 Å². The summed E-state index contributed by atoms with van der Waals surface area (Å²) < 4.78 is 5.73. The first kappa shape index (κ1) is 15.9. The molecule has 2 aromatic rings. The second-order valence-electron chi connectivity index (χ2n) is 7.36. The number of fused-ring (bicyclic) bond motifs is 4. The van der Waals surface area contributed by atoms with Gasteiger partial charge in [-0.15, -0.1) is 0 Å². The molecular formula is C21H22N2O3. The summed E-state index contributed by atoms with van der Waals surface area (Å²) in [5.74, 6) is 0.0661. The lowest BCUT2D eigenvalue weighted by Gasteiger charge is -2.26. The first-order chi connectivity index (χ1) is 12.7. The Bertz CT molecular complexity index is 807. The molecule has 1 aliphatic carbocycles. The van der Waals surface area contributed by atoms with Crippen molar-refractivity contribution in [1.29, 1.82) is 0 Å². The Labute approximate surface area is 152 Å². The average molecular weight is 350 g/mol. The summed E-state index contributed by atoms with van der Waals surface area (Å²) in [5, 5.41) is 13.4. The molecule has 5 heteroatoms. The van der Waals surface area contributed by atoms with Gasteiger partial charge >= 0.3 is 6.09 Å². The van der Waals surface area contributed by atoms with Gasteiger partial charge in [-0.2, -0.15) is 0 Å². The van der Waals surface area contributed by atoms with E-state index >= 15 is 0 Å². The minimum absolute atomic E-state index is 0.0661. The smallest absolute Gasteiger partial charge is 0.410 e. The number of benzene rings is 2. The zero-order valence-electron chi connectivity index (χ0n) is 14.5. The number of β-amino-alcohol motifs (C(OH)–C–C–N with tert-alkyl or cyclic N) is 1. The van der Waals surface area contributed by atoms with Crippen molar-refractivity contribution in [1.82, 2.24) is 10.2 Å². The van der Waals surface area contributed by atoms with Crippen molar-refractivity contribution in [2.75, 3.05) is 19.7 Å². The molecule has 3 atom stereocenters. The summed E-state index contributed by atoms with van der Waals surface area (Å²) in [6.45, 7) is 1.50. The molecule has 2 fully saturated rings. The van der Waals surface area contributed by atoms with Crippen LogP contribution in [0.1, 0.15) is 23.5 Å². The Morgan fingerprint density at radius 3 is 2.46 bits per heavy atom. The Morgan fingerprint density at radius 2 is 1.77 bits per heavy atom. The number of rotatable bonds is 2. The highest BCUT2D eigenvalue weighted by Crippen LogP contribution is 2.44. The average Bonchev–Trinajstić information content (AvgIpc) is 3.34. The molecule has 5 nitrogen and oxygen atoms in total. The number of carbonyl (C=O) groups is 1. The lowest BCUT2D eigenvalue weighted by atomic mass is 9.98. The van der Waals surface area contributed by atoms with Gasteiger partial charge in [-0.05, 0) is 28.7 Å². The van der Waals surface area contributed by atoms with Crippen molar-refractivity contribution >= 4 is 6.09 Å². The SMILES string of the molecule is O=C(OCC1c2ccccc2-c2ccccc21)N1CC[C@H]2NC[C@H](O)[C@H]21. The van der Waals surface area contributed by atoms with E-state index in [9.17, 15) is 9.90 Å². The molecule has 0 unspecified atom stereocenters. The fourth-order valence-electron chi connectivity index (χ4n) is 4.80. The number of hydrogen-bond acceptors (Lipinski definition) is 4. The molecule has 0 aromatic heterocycles. The summed E-state index contributed by atoms with van der Waals surface area (Å²) in [4.78, 5) is 14.4. The van der Waals surface area contributed by atoms with E-state index in [1.807, 2.05) is 24.3 Å². The van der Waals surface area contributed by atoms with Gasteiger partial charge in [-0.25, -0.2) is 4.79 Å². The lowest BCUT2D eigenvalue weighted by Crippen LogP contribution is -2.44. The van der Waals surface area contributed by atoms with Gasteiger partial charge < -0.3 is 20.1 Å². The fraction of sp³-hybridized carbons (Fsp3) is 0.381. The van der Waals surface area contributed by atoms with Gasteiger partial charge in [-0.1, -0.05) is 48.5 Å². The molecule has 5 rings (SSSR count). The molecule has 2 aliphatic heterocycles. The molecule has 1 amide bonds. The number of carbonyl (C=O) groups excluding carboxylic acids is 1. The topological polar surface area (TPSA) is 61.8 Å². The van der Waals surface area contributed by atoms with Gasteiger partial charge in [0.25, 0.3) is 0 Å². The Balaban J connectivity index is 1.35. The zero-order chi connectivity index (χ0) is 17.7. The summed E-state index contributed by atoms with van der Waals surface area (Å²) in [6, 6.07) is 16.7. The van der Waals surface area contributed by atoms with Crippen LogP contribution in [-0.2, 0) is 4.74 Å². The van der Waals surface area contributed by atoms with Gasteiger partial charge in [0.15, 0.2) is 0 Å². The van der Waals surface area contributed by atoms with Gasteiger partial charge in [-0.3, -0.25) is 0 Å². The van der Waals surface area contributed by atoms with Crippen LogP contribution < -0.4 is 5.32 Å². The van der Waals surface area contributed by atoms with Crippen LogP contribution in [0.3, 0.4) is 0 Å². The van der Waals surface area contributed by atoms with E-state index in [1.54, 1.807) is 4.90 Å². The van der Waals surface area contributed by atoms with Crippen LogP contribution in [0, 0.1) is 0 Å². The maximum Gasteiger partial charge on any atom is 0.410 e. The number of ether oxygens (including phenoxy) is 1. The van der Waals surface area contributed by atoms with Crippen LogP contribution in [0.25, 0.3) is 11.1 Å². The highest BCUT2D eigenvalue weighted by atomic mass is 16.6. The number of likely N-dealkylation sites (tertiary alicyclic amines) is 1. The molecule has 0 saturated carbocycles. The number of aliphatic hydroxyl groups excluding tert-OH is 1. The van der Waals surface area contributed by atoms with Crippen molar-refractivity contribution in [3.8, 4) is 11.1 Å². The molecule has 2 aromatic carbocycles. The second kappa shape index (κ2) is 6.11. The van der Waals surface area contributed by atoms with Crippen LogP contribution in [0.5, 0.6) is 0 Å². The van der Waals surface area contributed by atoms with E-state index in [4.69, 9.17) is 4.74 Å². The second-order valence-corrected chi connectivity index (χ2v) is 7.36. The third-order valence-electron chi connectivity index (χ3n) is 6.01. The van der Waals surface area contributed by atoms with Crippen molar-refractivity contribution < 1.29 is 14.6 Å². The largest absolute Gasteiger partial charge is 0.448 e. The van der Waals surface area contributed by atoms with E-state index in [2.05, 4.69) is 29.6 Å². The third kappa shape index (κ3) is 2.35. The van der Waals surface area contributed by atoms with Crippen LogP contribution in [0.4, 0.5) is 4.79 Å². The Kier molecular flexibility index (Phi) is 3.72. The highest BCUT2D eigenvalue weighted by Gasteiger charge is 2.46. The molecule has 26 heavy (non-hydrogen) atoms. The van der Waals surface area contributed by atoms with Crippen LogP contribution in [-0.4, -0.2) is 54.0 Å². The van der Waals surface area contributed by atoms with E-state index in [0.717, 1.165) is 6.42 Å². The predicted octanol–water partition coefficient (Wildman–Crippen LogP) is 2.34. The molecule has 2 heterocycles. The van der Waals surface area contributed by atoms with Crippen molar-refractivity contribution in [2.45, 2.75) is 30.5 Å². The van der Waals surface area contributed by atoms with E-state index in [-0.39, 0.29) is 24.1 Å². The van der Waals surface area contributed by atoms with Gasteiger partial charge in [0.2, 0.25) is 0 Å². The standard InChI is InChI=1S/C21H22N2O3/c24-19-11-22-18-9-10-23(20(18)19)21(25)26-12-17-15-7-3-1-5-13(15)14-6-2-4-8-16(14)17/h1-8,17-20,22,24H,9-12H2/t18-,19+,20+/m1/s1. The molecular weight excluding hydrogens is 328 g/mol. The maximum absolute atomic E-state index is 12.7. The van der Waals surface area contributed by atoms with Crippen LogP contribution in [0.15, 0.2) is 48.5 Å². The molecule has 134 valence electrons. The zero-order valence-corrected chi connectivity index (χ0v) is 14.5. The predicted molar refractivity (Wildman–Crippen MR) is 98.0 cm³/mol. The summed E-state index contributed by atoms with van der Waals surface area (Å²) in [6.07, 6.45) is 0.0384. The third-order valence-corrected chi connectivity index (χ3v) is 6.01. The minimum Gasteiger partial charge on any atom is -0.448 e. The summed E-state index contributed by atoms with van der Waals surface area (Å²) in [7, 11) is 0.